The van der Waals surface area contributed by atoms with Gasteiger partial charge in [0.2, 0.25) is 5.91 Å². The van der Waals surface area contributed by atoms with Gasteiger partial charge in [0.1, 0.15) is 12.4 Å². The fraction of sp³-hybridized carbons (Fsp3) is 0.533. The van der Waals surface area contributed by atoms with Gasteiger partial charge in [-0.25, -0.2) is 0 Å². The number of ether oxygens (including phenoxy) is 1. The summed E-state index contributed by atoms with van der Waals surface area (Å²) in [6.45, 7) is 4.82. The second-order valence-electron chi connectivity index (χ2n) is 5.61. The summed E-state index contributed by atoms with van der Waals surface area (Å²) in [5.41, 5.74) is 5.55. The van der Waals surface area contributed by atoms with Crippen molar-refractivity contribution in [2.24, 2.45) is 5.73 Å². The number of nitrogens with two attached hydrogens (primary N) is 1. The van der Waals surface area contributed by atoms with E-state index >= 15 is 0 Å². The van der Waals surface area contributed by atoms with E-state index in [9.17, 15) is 4.79 Å². The van der Waals surface area contributed by atoms with E-state index in [2.05, 4.69) is 0 Å². The van der Waals surface area contributed by atoms with Crippen LogP contribution in [0.15, 0.2) is 24.3 Å². The van der Waals surface area contributed by atoms with Gasteiger partial charge in [0.15, 0.2) is 0 Å². The first-order valence-corrected chi connectivity index (χ1v) is 7.07. The number of carbonyl (C=O) groups excluding carboxylic acids is 1. The van der Waals surface area contributed by atoms with Crippen LogP contribution in [0.3, 0.4) is 0 Å². The van der Waals surface area contributed by atoms with Crippen molar-refractivity contribution in [2.45, 2.75) is 32.2 Å². The molecule has 5 heteroatoms. The van der Waals surface area contributed by atoms with Gasteiger partial charge in [0.05, 0.1) is 6.54 Å². The molecule has 0 spiro atoms. The molecule has 0 saturated carbocycles. The molecule has 112 valence electrons. The molecular weight excluding hydrogens is 276 g/mol. The Bertz CT molecular complexity index is 444. The molecule has 0 aliphatic rings. The molecular formula is C15H23ClN2O2. The number of carbonyl (C=O) groups is 1. The van der Waals surface area contributed by atoms with E-state index in [0.717, 1.165) is 0 Å². The molecule has 4 nitrogen and oxygen atoms in total. The Balaban J connectivity index is 2.29. The number of rotatable bonds is 7. The van der Waals surface area contributed by atoms with Crippen LogP contribution in [0.4, 0.5) is 0 Å². The second kappa shape index (κ2) is 7.50. The van der Waals surface area contributed by atoms with Crippen LogP contribution >= 0.6 is 11.6 Å². The molecule has 0 fully saturated rings. The van der Waals surface area contributed by atoms with Crippen molar-refractivity contribution >= 4 is 17.5 Å². The van der Waals surface area contributed by atoms with Crippen molar-refractivity contribution in [3.05, 3.63) is 29.3 Å². The lowest BCUT2D eigenvalue weighted by atomic mass is 10.00. The van der Waals surface area contributed by atoms with Crippen molar-refractivity contribution in [1.29, 1.82) is 0 Å². The van der Waals surface area contributed by atoms with E-state index in [4.69, 9.17) is 22.1 Å². The maximum absolute atomic E-state index is 11.9. The first-order valence-electron chi connectivity index (χ1n) is 6.69. The van der Waals surface area contributed by atoms with E-state index in [1.807, 2.05) is 26.0 Å². The highest BCUT2D eigenvalue weighted by atomic mass is 35.5. The van der Waals surface area contributed by atoms with E-state index in [-0.39, 0.29) is 11.4 Å². The lowest BCUT2D eigenvalue weighted by molar-refractivity contribution is -0.130. The van der Waals surface area contributed by atoms with Gasteiger partial charge in [-0.05, 0) is 38.5 Å². The van der Waals surface area contributed by atoms with Crippen LogP contribution in [-0.2, 0) is 4.79 Å². The van der Waals surface area contributed by atoms with E-state index in [1.165, 1.54) is 0 Å². The third-order valence-electron chi connectivity index (χ3n) is 2.90. The summed E-state index contributed by atoms with van der Waals surface area (Å²) in [4.78, 5) is 13.5. The number of amides is 1. The van der Waals surface area contributed by atoms with Crippen molar-refractivity contribution in [3.8, 4) is 5.75 Å². The lowest BCUT2D eigenvalue weighted by Crippen LogP contribution is -2.36. The van der Waals surface area contributed by atoms with Crippen LogP contribution in [-0.4, -0.2) is 36.5 Å². The zero-order chi connectivity index (χ0) is 15.2. The Labute approximate surface area is 125 Å². The number of nitrogens with zero attached hydrogens (tertiary/aromatic N) is 1. The second-order valence-corrected chi connectivity index (χ2v) is 6.05. The fourth-order valence-electron chi connectivity index (χ4n) is 1.60. The predicted octanol–water partition coefficient (Wildman–Crippen LogP) is 2.69. The summed E-state index contributed by atoms with van der Waals surface area (Å²) >= 11 is 5.86. The number of benzene rings is 1. The number of hydrogen-bond donors (Lipinski definition) is 1. The highest BCUT2D eigenvalue weighted by Crippen LogP contribution is 2.17. The molecule has 0 aromatic heterocycles. The molecule has 0 unspecified atom stereocenters. The molecule has 1 rings (SSSR count). The van der Waals surface area contributed by atoms with Gasteiger partial charge in [-0.15, -0.1) is 0 Å². The predicted molar refractivity (Wildman–Crippen MR) is 82.1 cm³/mol. The van der Waals surface area contributed by atoms with Gasteiger partial charge in [0.25, 0.3) is 0 Å². The normalized spacial score (nSPS) is 11.2. The minimum absolute atomic E-state index is 0.0817. The fourth-order valence-corrected chi connectivity index (χ4v) is 1.78. The Morgan fingerprint density at radius 2 is 2.15 bits per heavy atom. The Morgan fingerprint density at radius 3 is 2.75 bits per heavy atom. The summed E-state index contributed by atoms with van der Waals surface area (Å²) in [6.07, 6.45) is 1.13. The summed E-state index contributed by atoms with van der Waals surface area (Å²) in [6, 6.07) is 7.21. The van der Waals surface area contributed by atoms with Crippen LogP contribution in [0.5, 0.6) is 5.75 Å². The zero-order valence-electron chi connectivity index (χ0n) is 12.4. The van der Waals surface area contributed by atoms with Gasteiger partial charge in [-0.3, -0.25) is 4.79 Å². The summed E-state index contributed by atoms with van der Waals surface area (Å²) in [5, 5.41) is 0.636. The minimum atomic E-state index is -0.312. The van der Waals surface area contributed by atoms with Gasteiger partial charge < -0.3 is 15.4 Å². The van der Waals surface area contributed by atoms with Crippen molar-refractivity contribution in [3.63, 3.8) is 0 Å². The third kappa shape index (κ3) is 6.78. The summed E-state index contributed by atoms with van der Waals surface area (Å²) in [5.74, 6) is 0.791. The van der Waals surface area contributed by atoms with Gasteiger partial charge in [-0.1, -0.05) is 17.7 Å². The molecule has 20 heavy (non-hydrogen) atoms. The van der Waals surface area contributed by atoms with E-state index in [1.54, 1.807) is 24.1 Å². The average Bonchev–Trinajstić information content (AvgIpc) is 2.35. The molecule has 2 N–H and O–H groups in total. The standard InChI is InChI=1S/C15H23ClN2O2/c1-15(2,17)8-7-14(19)18(3)9-10-20-13-6-4-5-12(16)11-13/h4-6,11H,7-10,17H2,1-3H3. The topological polar surface area (TPSA) is 55.6 Å². The van der Waals surface area contributed by atoms with Crippen LogP contribution in [0, 0.1) is 0 Å². The van der Waals surface area contributed by atoms with Gasteiger partial charge in [-0.2, -0.15) is 0 Å². The van der Waals surface area contributed by atoms with E-state index in [0.29, 0.717) is 36.8 Å². The average molecular weight is 299 g/mol. The van der Waals surface area contributed by atoms with Gasteiger partial charge in [0, 0.05) is 24.0 Å². The first-order chi connectivity index (χ1) is 9.28. The summed E-state index contributed by atoms with van der Waals surface area (Å²) < 4.78 is 5.55. The molecule has 0 aliphatic heterocycles. The minimum Gasteiger partial charge on any atom is -0.492 e. The SMILES string of the molecule is CN(CCOc1cccc(Cl)c1)C(=O)CCC(C)(C)N. The summed E-state index contributed by atoms with van der Waals surface area (Å²) in [7, 11) is 1.77. The number of halogens is 1. The van der Waals surface area contributed by atoms with Crippen molar-refractivity contribution in [1.82, 2.24) is 4.90 Å². The quantitative estimate of drug-likeness (QED) is 0.842. The molecule has 1 amide bonds. The largest absolute Gasteiger partial charge is 0.492 e. The highest BCUT2D eigenvalue weighted by Gasteiger charge is 2.15. The van der Waals surface area contributed by atoms with Crippen LogP contribution in [0.2, 0.25) is 5.02 Å². The highest BCUT2D eigenvalue weighted by molar-refractivity contribution is 6.30. The van der Waals surface area contributed by atoms with E-state index < -0.39 is 0 Å². The molecule has 0 aliphatic carbocycles. The zero-order valence-corrected chi connectivity index (χ0v) is 13.1. The lowest BCUT2D eigenvalue weighted by Gasteiger charge is -2.21. The van der Waals surface area contributed by atoms with Crippen LogP contribution in [0.1, 0.15) is 26.7 Å². The molecule has 0 saturated heterocycles. The number of hydrogen-bond acceptors (Lipinski definition) is 3. The van der Waals surface area contributed by atoms with Crippen LogP contribution < -0.4 is 10.5 Å². The Kier molecular flexibility index (Phi) is 6.30. The maximum Gasteiger partial charge on any atom is 0.222 e. The van der Waals surface area contributed by atoms with Gasteiger partial charge >= 0.3 is 0 Å². The Morgan fingerprint density at radius 1 is 1.45 bits per heavy atom. The maximum atomic E-state index is 11.9. The third-order valence-corrected chi connectivity index (χ3v) is 3.14. The Hall–Kier alpha value is -1.26. The number of likely N-dealkylation sites (N-methyl/N-ethyl adjacent to an activating group) is 1. The molecule has 1 aromatic rings. The smallest absolute Gasteiger partial charge is 0.222 e. The van der Waals surface area contributed by atoms with Crippen molar-refractivity contribution in [2.75, 3.05) is 20.2 Å². The monoisotopic (exact) mass is 298 g/mol. The molecule has 0 heterocycles. The molecule has 1 aromatic carbocycles. The van der Waals surface area contributed by atoms with Crippen LogP contribution in [0.25, 0.3) is 0 Å². The van der Waals surface area contributed by atoms with Crippen molar-refractivity contribution < 1.29 is 9.53 Å². The molecule has 0 atom stereocenters. The molecule has 0 radical (unpaired) electrons. The first kappa shape index (κ1) is 16.8. The molecule has 0 bridgehead atoms.